The van der Waals surface area contributed by atoms with E-state index in [0.29, 0.717) is 5.92 Å². The van der Waals surface area contributed by atoms with Gasteiger partial charge >= 0.3 is 37.9 Å². The van der Waals surface area contributed by atoms with Crippen molar-refractivity contribution in [2.24, 2.45) is 0 Å². The van der Waals surface area contributed by atoms with Crippen LogP contribution in [-0.4, -0.2) is 9.52 Å². The van der Waals surface area contributed by atoms with E-state index in [1.54, 1.807) is 0 Å². The van der Waals surface area contributed by atoms with Crippen LogP contribution in [-0.2, 0) is 32.7 Å². The summed E-state index contributed by atoms with van der Waals surface area (Å²) in [5.41, 5.74) is 10.2. The Morgan fingerprint density at radius 2 is 1.54 bits per heavy atom. The number of halogens is 2. The van der Waals surface area contributed by atoms with E-state index in [-0.39, 0.29) is 5.41 Å². The molecule has 0 saturated carbocycles. The third kappa shape index (κ3) is 7.58. The van der Waals surface area contributed by atoms with Gasteiger partial charge in [-0.05, 0) is 28.9 Å². The van der Waals surface area contributed by atoms with E-state index in [1.165, 1.54) is 66.5 Å². The number of benzene rings is 4. The van der Waals surface area contributed by atoms with E-state index < -0.39 is 20.8 Å². The van der Waals surface area contributed by atoms with Crippen LogP contribution in [0.1, 0.15) is 70.6 Å². The summed E-state index contributed by atoms with van der Waals surface area (Å²) < 4.78 is 0. The number of hydrogen-bond acceptors (Lipinski definition) is 0. The molecule has 5 aromatic carbocycles. The van der Waals surface area contributed by atoms with Crippen LogP contribution in [0.3, 0.4) is 0 Å². The maximum Gasteiger partial charge on any atom is 0.0920 e. The van der Waals surface area contributed by atoms with E-state index in [0.717, 1.165) is 15.9 Å². The Kier molecular flexibility index (Phi) is 11.4. The zero-order valence-electron chi connectivity index (χ0n) is 24.9. The fourth-order valence-electron chi connectivity index (χ4n) is 5.51. The molecule has 0 atom stereocenters. The summed E-state index contributed by atoms with van der Waals surface area (Å²) in [5.74, 6) is 0.526. The fourth-order valence-corrected chi connectivity index (χ4v) is 6.82. The van der Waals surface area contributed by atoms with Gasteiger partial charge in [0.2, 0.25) is 0 Å². The van der Waals surface area contributed by atoms with Crippen molar-refractivity contribution < 1.29 is 20.8 Å². The molecule has 0 amide bonds. The van der Waals surface area contributed by atoms with E-state index in [2.05, 4.69) is 133 Å². The predicted molar refractivity (Wildman–Crippen MR) is 179 cm³/mol. The monoisotopic (exact) mass is 670 g/mol. The summed E-state index contributed by atoms with van der Waals surface area (Å²) in [4.78, 5) is 0. The third-order valence-electron chi connectivity index (χ3n) is 7.55. The molecule has 6 rings (SSSR count). The van der Waals surface area contributed by atoms with Crippen molar-refractivity contribution >= 4 is 47.7 Å². The van der Waals surface area contributed by atoms with Crippen molar-refractivity contribution in [2.45, 2.75) is 65.7 Å². The second-order valence-electron chi connectivity index (χ2n) is 11.8. The third-order valence-corrected chi connectivity index (χ3v) is 8.92. The number of rotatable bonds is 4. The van der Waals surface area contributed by atoms with Gasteiger partial charge in [0.1, 0.15) is 0 Å². The van der Waals surface area contributed by atoms with E-state index in [4.69, 9.17) is 17.0 Å². The van der Waals surface area contributed by atoms with Gasteiger partial charge in [-0.2, -0.15) is 35.5 Å². The van der Waals surface area contributed by atoms with Crippen molar-refractivity contribution in [1.29, 1.82) is 0 Å². The first-order chi connectivity index (χ1) is 19.7. The molecule has 0 spiro atoms. The first kappa shape index (κ1) is 32.1. The zero-order chi connectivity index (χ0) is 29.6. The van der Waals surface area contributed by atoms with Gasteiger partial charge in [0.25, 0.3) is 0 Å². The predicted octanol–water partition coefficient (Wildman–Crippen LogP) is 10.1. The van der Waals surface area contributed by atoms with Crippen molar-refractivity contribution in [2.75, 3.05) is 0 Å². The van der Waals surface area contributed by atoms with Crippen LogP contribution in [0.2, 0.25) is 0 Å². The van der Waals surface area contributed by atoms with Gasteiger partial charge in [0.15, 0.2) is 0 Å². The summed E-state index contributed by atoms with van der Waals surface area (Å²) in [6, 6.07) is 36.6. The minimum Gasteiger partial charge on any atom is -0.184 e. The summed E-state index contributed by atoms with van der Waals surface area (Å²) >= 11 is -0.826. The maximum atomic E-state index is 4.93. The van der Waals surface area contributed by atoms with E-state index in [1.807, 2.05) is 6.07 Å². The van der Waals surface area contributed by atoms with Gasteiger partial charge in [0, 0.05) is 0 Å². The molecular formula is C37H38Cl2SiZr. The Hall–Kier alpha value is -1.83. The summed E-state index contributed by atoms with van der Waals surface area (Å²) in [5, 5.41) is 5.62. The van der Waals surface area contributed by atoms with Gasteiger partial charge in [-0.3, -0.25) is 0 Å². The zero-order valence-corrected chi connectivity index (χ0v) is 29.9. The van der Waals surface area contributed by atoms with Crippen molar-refractivity contribution in [3.63, 3.8) is 0 Å². The largest absolute Gasteiger partial charge is 0.184 e. The molecular weight excluding hydrogens is 635 g/mol. The minimum absolute atomic E-state index is 0.179. The molecule has 1 aliphatic rings. The summed E-state index contributed by atoms with van der Waals surface area (Å²) in [6.07, 6.45) is 2.31. The molecule has 0 saturated heterocycles. The molecule has 5 aromatic rings. The van der Waals surface area contributed by atoms with E-state index >= 15 is 0 Å². The van der Waals surface area contributed by atoms with Crippen molar-refractivity contribution in [3.05, 3.63) is 114 Å². The number of aryl methyl sites for hydroxylation is 1. The van der Waals surface area contributed by atoms with Gasteiger partial charge < -0.3 is 0 Å². The molecule has 2 radical (unpaired) electrons. The molecule has 1 aliphatic heterocycles. The molecule has 0 nitrogen and oxygen atoms in total. The minimum atomic E-state index is -0.826. The Morgan fingerprint density at radius 3 is 2.22 bits per heavy atom. The van der Waals surface area contributed by atoms with Crippen LogP contribution in [0.15, 0.2) is 91.0 Å². The van der Waals surface area contributed by atoms with Gasteiger partial charge in [-0.15, -0.1) is 40.1 Å². The van der Waals surface area contributed by atoms with E-state index in [9.17, 15) is 0 Å². The normalized spacial score (nSPS) is 11.6. The molecule has 208 valence electrons. The van der Waals surface area contributed by atoms with Crippen LogP contribution in [0.25, 0.3) is 33.0 Å². The van der Waals surface area contributed by atoms with Crippen LogP contribution in [0.4, 0.5) is 0 Å². The quantitative estimate of drug-likeness (QED) is 0.129. The molecule has 1 heterocycles. The van der Waals surface area contributed by atoms with Crippen molar-refractivity contribution in [3.8, 4) is 22.3 Å². The second kappa shape index (κ2) is 14.6. The number of hydrogen-bond donors (Lipinski definition) is 0. The van der Waals surface area contributed by atoms with Crippen molar-refractivity contribution in [1.82, 2.24) is 0 Å². The first-order valence-corrected chi connectivity index (χ1v) is 21.7. The number of fused-ring (bicyclic) bond motifs is 4. The average molecular weight is 673 g/mol. The SMILES string of the molecule is CCCc1ccc2[cH-]c(C(C)(C)C)cc2c1-c1ccccc1C(C)C.[Cl][Zr+2][Cl].[c-]1cccc2c1[Si]c1ccccc1-2. The summed E-state index contributed by atoms with van der Waals surface area (Å²) in [6.45, 7) is 13.8. The van der Waals surface area contributed by atoms with Crippen LogP contribution >= 0.6 is 17.0 Å². The molecule has 4 heteroatoms. The van der Waals surface area contributed by atoms with Crippen LogP contribution in [0.5, 0.6) is 0 Å². The molecule has 41 heavy (non-hydrogen) atoms. The summed E-state index contributed by atoms with van der Waals surface area (Å²) in [7, 11) is 10.7. The Morgan fingerprint density at radius 1 is 0.878 bits per heavy atom. The Labute approximate surface area is 268 Å². The molecule has 0 unspecified atom stereocenters. The topological polar surface area (TPSA) is 0 Å². The smallest absolute Gasteiger partial charge is 0.0920 e. The first-order valence-electron chi connectivity index (χ1n) is 14.3. The van der Waals surface area contributed by atoms with Crippen LogP contribution in [0, 0.1) is 6.07 Å². The molecule has 0 aliphatic carbocycles. The van der Waals surface area contributed by atoms with Gasteiger partial charge in [0.05, 0.1) is 9.52 Å². The second-order valence-corrected chi connectivity index (χ2v) is 16.8. The molecule has 0 aromatic heterocycles. The van der Waals surface area contributed by atoms with Crippen LogP contribution < -0.4 is 10.4 Å². The maximum absolute atomic E-state index is 4.93. The fraction of sp³-hybridized carbons (Fsp3) is 0.270. The molecule has 0 bridgehead atoms. The average Bonchev–Trinajstić information content (AvgIpc) is 3.56. The molecule has 0 N–H and O–H groups in total. The molecule has 0 fully saturated rings. The standard InChI is InChI=1S/C25H31.C12H7Si.2ClH.Zr/c1-7-10-18-13-14-19-15-20(25(4,5)6)16-23(19)24(18)22-12-9-8-11-21(22)17(2)3;1-3-7-11-9(5-1)10-6-2-4-8-12(10)13-11;;;/h8-9,11-17H,7,10H2,1-6H3;1-7H;2*1H;/q2*-1;;;+4/p-2. The Bertz CT molecular complexity index is 1550. The van der Waals surface area contributed by atoms with Gasteiger partial charge in [-0.1, -0.05) is 118 Å². The van der Waals surface area contributed by atoms with Gasteiger partial charge in [-0.25, -0.2) is 0 Å². The Balaban J connectivity index is 0.000000200.